The van der Waals surface area contributed by atoms with Gasteiger partial charge in [-0.2, -0.15) is 0 Å². The number of hydrogen-bond donors (Lipinski definition) is 2. The second-order valence-electron chi connectivity index (χ2n) is 5.27. The number of benzene rings is 1. The van der Waals surface area contributed by atoms with Gasteiger partial charge in [0.2, 0.25) is 5.89 Å². The minimum atomic E-state index is 0.564. The Labute approximate surface area is 143 Å². The van der Waals surface area contributed by atoms with Crippen molar-refractivity contribution in [3.05, 3.63) is 42.3 Å². The van der Waals surface area contributed by atoms with Gasteiger partial charge in [0.1, 0.15) is 6.26 Å². The fourth-order valence-electron chi connectivity index (χ4n) is 2.18. The van der Waals surface area contributed by atoms with Crippen molar-refractivity contribution in [3.63, 3.8) is 0 Å². The third kappa shape index (κ3) is 6.04. The molecule has 1 heterocycles. The van der Waals surface area contributed by atoms with Crippen LogP contribution in [0.3, 0.4) is 0 Å². The molecule has 24 heavy (non-hydrogen) atoms. The topological polar surface area (TPSA) is 71.7 Å². The molecule has 6 nitrogen and oxygen atoms in total. The zero-order valence-corrected chi connectivity index (χ0v) is 14.4. The molecule has 0 fully saturated rings. The second kappa shape index (κ2) is 10.4. The van der Waals surface area contributed by atoms with Gasteiger partial charge in [-0.05, 0) is 31.9 Å². The molecule has 6 heteroatoms. The van der Waals surface area contributed by atoms with Crippen molar-refractivity contribution >= 4 is 5.96 Å². The monoisotopic (exact) mass is 330 g/mol. The summed E-state index contributed by atoms with van der Waals surface area (Å²) in [4.78, 5) is 8.70. The van der Waals surface area contributed by atoms with E-state index in [9.17, 15) is 0 Å². The Hall–Kier alpha value is -2.34. The first-order valence-electron chi connectivity index (χ1n) is 8.35. The predicted molar refractivity (Wildman–Crippen MR) is 95.9 cm³/mol. The Bertz CT molecular complexity index is 610. The first-order chi connectivity index (χ1) is 11.8. The summed E-state index contributed by atoms with van der Waals surface area (Å²) in [6.45, 7) is 5.03. The molecule has 0 aliphatic rings. The first kappa shape index (κ1) is 18.0. The molecule has 0 unspecified atom stereocenters. The minimum Gasteiger partial charge on any atom is -0.444 e. The van der Waals surface area contributed by atoms with Crippen molar-refractivity contribution in [2.45, 2.75) is 26.3 Å². The molecule has 0 radical (unpaired) electrons. The summed E-state index contributed by atoms with van der Waals surface area (Å²) in [5.41, 5.74) is 1.81. The number of aliphatic imine (C=N–C) groups is 1. The lowest BCUT2D eigenvalue weighted by molar-refractivity contribution is 0.143. The molecular formula is C18H26N4O2. The van der Waals surface area contributed by atoms with Crippen LogP contribution in [-0.4, -0.2) is 37.7 Å². The third-order valence-electron chi connectivity index (χ3n) is 3.45. The molecule has 0 saturated carbocycles. The highest BCUT2D eigenvalue weighted by atomic mass is 16.5. The summed E-state index contributed by atoms with van der Waals surface area (Å²) in [6.07, 6.45) is 3.76. The number of guanidine groups is 1. The molecule has 0 amide bonds. The van der Waals surface area contributed by atoms with Crippen LogP contribution in [-0.2, 0) is 11.3 Å². The molecule has 2 rings (SSSR count). The maximum atomic E-state index is 5.53. The summed E-state index contributed by atoms with van der Waals surface area (Å²) in [7, 11) is 1.76. The van der Waals surface area contributed by atoms with E-state index in [0.29, 0.717) is 12.4 Å². The zero-order chi connectivity index (χ0) is 17.0. The second-order valence-corrected chi connectivity index (χ2v) is 5.27. The molecule has 1 aromatic carbocycles. The number of nitrogens with one attached hydrogen (secondary N) is 2. The van der Waals surface area contributed by atoms with Gasteiger partial charge in [-0.25, -0.2) is 4.98 Å². The lowest BCUT2D eigenvalue weighted by atomic mass is 10.2. The van der Waals surface area contributed by atoms with Crippen molar-refractivity contribution in [1.29, 1.82) is 0 Å². The van der Waals surface area contributed by atoms with Gasteiger partial charge in [0, 0.05) is 32.4 Å². The quantitative estimate of drug-likeness (QED) is 0.420. The highest BCUT2D eigenvalue weighted by molar-refractivity contribution is 5.79. The largest absolute Gasteiger partial charge is 0.444 e. The van der Waals surface area contributed by atoms with Gasteiger partial charge in [0.05, 0.1) is 12.2 Å². The Balaban J connectivity index is 1.72. The number of ether oxygens (including phenoxy) is 1. The maximum Gasteiger partial charge on any atom is 0.226 e. The van der Waals surface area contributed by atoms with Crippen LogP contribution in [0.15, 0.2) is 46.0 Å². The summed E-state index contributed by atoms with van der Waals surface area (Å²) in [6, 6.07) is 9.86. The van der Waals surface area contributed by atoms with Crippen molar-refractivity contribution in [1.82, 2.24) is 15.6 Å². The molecular weight excluding hydrogens is 304 g/mol. The molecule has 0 aliphatic carbocycles. The average molecular weight is 330 g/mol. The van der Waals surface area contributed by atoms with E-state index in [1.807, 2.05) is 37.3 Å². The Morgan fingerprint density at radius 2 is 2.04 bits per heavy atom. The van der Waals surface area contributed by atoms with Crippen LogP contribution in [0.25, 0.3) is 11.5 Å². The van der Waals surface area contributed by atoms with Crippen molar-refractivity contribution in [2.75, 3.05) is 26.8 Å². The van der Waals surface area contributed by atoms with E-state index in [2.05, 4.69) is 20.6 Å². The van der Waals surface area contributed by atoms with E-state index < -0.39 is 0 Å². The average Bonchev–Trinajstić information content (AvgIpc) is 3.10. The lowest BCUT2D eigenvalue weighted by Crippen LogP contribution is -2.37. The lowest BCUT2D eigenvalue weighted by Gasteiger charge is -2.10. The van der Waals surface area contributed by atoms with E-state index in [-0.39, 0.29) is 0 Å². The van der Waals surface area contributed by atoms with Crippen LogP contribution in [0.4, 0.5) is 0 Å². The van der Waals surface area contributed by atoms with E-state index >= 15 is 0 Å². The van der Waals surface area contributed by atoms with Crippen LogP contribution in [0.2, 0.25) is 0 Å². The van der Waals surface area contributed by atoms with E-state index in [1.54, 1.807) is 13.3 Å². The van der Waals surface area contributed by atoms with Gasteiger partial charge < -0.3 is 19.8 Å². The van der Waals surface area contributed by atoms with Gasteiger partial charge in [-0.15, -0.1) is 0 Å². The van der Waals surface area contributed by atoms with Gasteiger partial charge in [0.15, 0.2) is 5.96 Å². The van der Waals surface area contributed by atoms with Crippen LogP contribution >= 0.6 is 0 Å². The van der Waals surface area contributed by atoms with Gasteiger partial charge >= 0.3 is 0 Å². The fourth-order valence-corrected chi connectivity index (χ4v) is 2.18. The van der Waals surface area contributed by atoms with E-state index in [1.165, 1.54) is 0 Å². The summed E-state index contributed by atoms with van der Waals surface area (Å²) >= 11 is 0. The molecule has 2 aromatic rings. The van der Waals surface area contributed by atoms with E-state index in [0.717, 1.165) is 49.8 Å². The SMILES string of the molecule is CCOCCCCNC(=NC)NCc1coc(-c2ccccc2)n1. The predicted octanol–water partition coefficient (Wildman–Crippen LogP) is 2.82. The van der Waals surface area contributed by atoms with Crippen molar-refractivity contribution in [3.8, 4) is 11.5 Å². The number of aromatic nitrogens is 1. The number of oxazole rings is 1. The Morgan fingerprint density at radius 3 is 2.79 bits per heavy atom. The standard InChI is InChI=1S/C18H26N4O2/c1-3-23-12-8-7-11-20-18(19-2)21-13-16-14-24-17(22-16)15-9-5-4-6-10-15/h4-6,9-10,14H,3,7-8,11-13H2,1-2H3,(H2,19,20,21). The molecule has 1 aromatic heterocycles. The molecule has 0 aliphatic heterocycles. The zero-order valence-electron chi connectivity index (χ0n) is 14.4. The summed E-state index contributed by atoms with van der Waals surface area (Å²) in [5.74, 6) is 1.39. The maximum absolute atomic E-state index is 5.53. The highest BCUT2D eigenvalue weighted by Crippen LogP contribution is 2.17. The molecule has 0 saturated heterocycles. The van der Waals surface area contributed by atoms with Crippen LogP contribution in [0, 0.1) is 0 Å². The number of hydrogen-bond acceptors (Lipinski definition) is 4. The van der Waals surface area contributed by atoms with Crippen LogP contribution in [0.1, 0.15) is 25.5 Å². The molecule has 0 bridgehead atoms. The number of unbranched alkanes of at least 4 members (excludes halogenated alkanes) is 1. The number of nitrogens with zero attached hydrogens (tertiary/aromatic N) is 2. The molecule has 0 atom stereocenters. The molecule has 130 valence electrons. The van der Waals surface area contributed by atoms with Gasteiger partial charge in [-0.3, -0.25) is 4.99 Å². The highest BCUT2D eigenvalue weighted by Gasteiger charge is 2.06. The van der Waals surface area contributed by atoms with Crippen LogP contribution < -0.4 is 10.6 Å². The van der Waals surface area contributed by atoms with Gasteiger partial charge in [-0.1, -0.05) is 18.2 Å². The number of rotatable bonds is 9. The third-order valence-corrected chi connectivity index (χ3v) is 3.45. The molecule has 0 spiro atoms. The summed E-state index contributed by atoms with van der Waals surface area (Å²) < 4.78 is 10.8. The first-order valence-corrected chi connectivity index (χ1v) is 8.35. The minimum absolute atomic E-state index is 0.564. The normalized spacial score (nSPS) is 11.5. The van der Waals surface area contributed by atoms with Crippen molar-refractivity contribution < 1.29 is 9.15 Å². The van der Waals surface area contributed by atoms with Crippen molar-refractivity contribution in [2.24, 2.45) is 4.99 Å². The van der Waals surface area contributed by atoms with Crippen LogP contribution in [0.5, 0.6) is 0 Å². The Kier molecular flexibility index (Phi) is 7.83. The fraction of sp³-hybridized carbons (Fsp3) is 0.444. The van der Waals surface area contributed by atoms with E-state index in [4.69, 9.17) is 9.15 Å². The van der Waals surface area contributed by atoms with Gasteiger partial charge in [0.25, 0.3) is 0 Å². The molecule has 2 N–H and O–H groups in total. The Morgan fingerprint density at radius 1 is 1.21 bits per heavy atom. The smallest absolute Gasteiger partial charge is 0.226 e. The summed E-state index contributed by atoms with van der Waals surface area (Å²) in [5, 5.41) is 6.52.